The number of nitrogens with zero attached hydrogens (tertiary/aromatic N) is 1. The predicted octanol–water partition coefficient (Wildman–Crippen LogP) is 4.26. The lowest BCUT2D eigenvalue weighted by Crippen LogP contribution is -2.34. The predicted molar refractivity (Wildman–Crippen MR) is 74.1 cm³/mol. The van der Waals surface area contributed by atoms with Crippen molar-refractivity contribution >= 4 is 22.9 Å². The molecule has 0 aromatic carbocycles. The molecule has 1 unspecified atom stereocenters. The Bertz CT molecular complexity index is 189. The topological polar surface area (TPSA) is 3.24 Å². The van der Waals surface area contributed by atoms with Crippen molar-refractivity contribution in [3.05, 3.63) is 0 Å². The highest BCUT2D eigenvalue weighted by Crippen LogP contribution is 2.37. The minimum absolute atomic E-state index is 0.975. The van der Waals surface area contributed by atoms with Crippen LogP contribution in [0.4, 0.5) is 0 Å². The fourth-order valence-corrected chi connectivity index (χ4v) is 4.28. The molecule has 0 amide bonds. The molecule has 0 radical (unpaired) electrons. The first-order chi connectivity index (χ1) is 7.27. The summed E-state index contributed by atoms with van der Waals surface area (Å²) in [5, 5.41) is 0. The number of rotatable bonds is 2. The Morgan fingerprint density at radius 1 is 1.00 bits per heavy atom. The van der Waals surface area contributed by atoms with Crippen LogP contribution in [-0.2, 0) is 0 Å². The zero-order valence-corrected chi connectivity index (χ0v) is 12.1. The van der Waals surface area contributed by atoms with Crippen LogP contribution in [0.2, 0.25) is 0 Å². The first-order valence-electron chi connectivity index (χ1n) is 6.68. The average molecular weight is 321 g/mol. The van der Waals surface area contributed by atoms with E-state index < -0.39 is 0 Å². The van der Waals surface area contributed by atoms with E-state index in [0.717, 1.165) is 17.8 Å². The molecule has 0 spiro atoms. The molecule has 2 atom stereocenters. The summed E-state index contributed by atoms with van der Waals surface area (Å²) in [5.74, 6) is 3.01. The van der Waals surface area contributed by atoms with Gasteiger partial charge in [0.15, 0.2) is 0 Å². The van der Waals surface area contributed by atoms with E-state index in [1.807, 2.05) is 0 Å². The first-order valence-corrected chi connectivity index (χ1v) is 7.64. The van der Waals surface area contributed by atoms with E-state index in [2.05, 4.69) is 32.9 Å². The van der Waals surface area contributed by atoms with E-state index in [1.54, 1.807) is 0 Å². The summed E-state index contributed by atoms with van der Waals surface area (Å²) < 4.78 is 2.51. The fraction of sp³-hybridized carbons (Fsp3) is 1.00. The Hall–Kier alpha value is 0.690. The van der Waals surface area contributed by atoms with Crippen LogP contribution in [0.25, 0.3) is 0 Å². The van der Waals surface area contributed by atoms with Crippen molar-refractivity contribution in [3.63, 3.8) is 0 Å². The second kappa shape index (κ2) is 5.85. The lowest BCUT2D eigenvalue weighted by atomic mass is 9.73. The van der Waals surface area contributed by atoms with Gasteiger partial charge in [0.2, 0.25) is 0 Å². The Morgan fingerprint density at radius 2 is 1.67 bits per heavy atom. The van der Waals surface area contributed by atoms with Crippen molar-refractivity contribution in [3.8, 4) is 0 Å². The minimum Gasteiger partial charge on any atom is -0.247 e. The van der Waals surface area contributed by atoms with Crippen LogP contribution >= 0.6 is 22.9 Å². The van der Waals surface area contributed by atoms with Gasteiger partial charge < -0.3 is 0 Å². The maximum atomic E-state index is 2.52. The SMILES string of the molecule is C[C@H](C1CCCCC1)C1CCCN(I)C1. The highest BCUT2D eigenvalue weighted by Gasteiger charge is 2.29. The van der Waals surface area contributed by atoms with Gasteiger partial charge in [0.1, 0.15) is 0 Å². The molecule has 0 aromatic heterocycles. The zero-order chi connectivity index (χ0) is 10.7. The van der Waals surface area contributed by atoms with E-state index in [4.69, 9.17) is 0 Å². The van der Waals surface area contributed by atoms with Gasteiger partial charge >= 0.3 is 0 Å². The van der Waals surface area contributed by atoms with Crippen LogP contribution < -0.4 is 0 Å². The lowest BCUT2D eigenvalue weighted by Gasteiger charge is -2.37. The maximum absolute atomic E-state index is 2.52. The molecule has 2 rings (SSSR count). The summed E-state index contributed by atoms with van der Waals surface area (Å²) in [6.07, 6.45) is 10.4. The third kappa shape index (κ3) is 3.32. The molecular formula is C13H24IN. The van der Waals surface area contributed by atoms with E-state index in [9.17, 15) is 0 Å². The Kier molecular flexibility index (Phi) is 4.74. The quantitative estimate of drug-likeness (QED) is 0.542. The van der Waals surface area contributed by atoms with Crippen molar-refractivity contribution in [2.24, 2.45) is 17.8 Å². The normalized spacial score (nSPS) is 32.8. The monoisotopic (exact) mass is 321 g/mol. The molecule has 88 valence electrons. The number of hydrogen-bond donors (Lipinski definition) is 0. The van der Waals surface area contributed by atoms with Crippen molar-refractivity contribution in [2.45, 2.75) is 51.9 Å². The van der Waals surface area contributed by atoms with Crippen LogP contribution in [0.15, 0.2) is 0 Å². The van der Waals surface area contributed by atoms with Gasteiger partial charge in [0, 0.05) is 36.0 Å². The van der Waals surface area contributed by atoms with Gasteiger partial charge in [-0.15, -0.1) is 0 Å². The standard InChI is InChI=1S/C13H24IN/c1-11(12-6-3-2-4-7-12)13-8-5-9-15(14)10-13/h11-13H,2-10H2,1H3/t11-,13?/m1/s1. The molecule has 1 aliphatic heterocycles. The van der Waals surface area contributed by atoms with Gasteiger partial charge in [-0.25, -0.2) is 3.11 Å². The van der Waals surface area contributed by atoms with Crippen molar-refractivity contribution in [2.75, 3.05) is 13.1 Å². The largest absolute Gasteiger partial charge is 0.247 e. The molecule has 1 saturated heterocycles. The fourth-order valence-electron chi connectivity index (χ4n) is 3.44. The molecule has 1 aliphatic carbocycles. The molecule has 2 heteroatoms. The van der Waals surface area contributed by atoms with Gasteiger partial charge in [0.25, 0.3) is 0 Å². The van der Waals surface area contributed by atoms with Gasteiger partial charge in [-0.05, 0) is 30.6 Å². The molecule has 15 heavy (non-hydrogen) atoms. The van der Waals surface area contributed by atoms with Crippen LogP contribution in [0.1, 0.15) is 51.9 Å². The summed E-state index contributed by atoms with van der Waals surface area (Å²) >= 11 is 2.51. The first kappa shape index (κ1) is 12.2. The summed E-state index contributed by atoms with van der Waals surface area (Å²) in [4.78, 5) is 0. The molecule has 1 nitrogen and oxygen atoms in total. The van der Waals surface area contributed by atoms with Crippen molar-refractivity contribution in [1.82, 2.24) is 3.11 Å². The molecule has 2 fully saturated rings. The molecule has 0 aromatic rings. The third-order valence-electron chi connectivity index (χ3n) is 4.55. The summed E-state index contributed by atoms with van der Waals surface area (Å²) in [6.45, 7) is 5.18. The van der Waals surface area contributed by atoms with Crippen molar-refractivity contribution < 1.29 is 0 Å². The average Bonchev–Trinajstić information content (AvgIpc) is 2.29. The maximum Gasteiger partial charge on any atom is 0.0201 e. The molecule has 2 aliphatic rings. The second-order valence-electron chi connectivity index (χ2n) is 5.53. The number of hydrogen-bond acceptors (Lipinski definition) is 1. The molecule has 1 heterocycles. The van der Waals surface area contributed by atoms with E-state index >= 15 is 0 Å². The van der Waals surface area contributed by atoms with Crippen molar-refractivity contribution in [1.29, 1.82) is 0 Å². The number of piperidine rings is 1. The van der Waals surface area contributed by atoms with E-state index in [1.165, 1.54) is 58.0 Å². The van der Waals surface area contributed by atoms with E-state index in [0.29, 0.717) is 0 Å². The highest BCUT2D eigenvalue weighted by atomic mass is 127. The van der Waals surface area contributed by atoms with Crippen LogP contribution in [-0.4, -0.2) is 16.2 Å². The zero-order valence-electron chi connectivity index (χ0n) is 9.92. The second-order valence-corrected chi connectivity index (χ2v) is 6.89. The molecular weight excluding hydrogens is 297 g/mol. The lowest BCUT2D eigenvalue weighted by molar-refractivity contribution is 0.148. The summed E-state index contributed by atoms with van der Waals surface area (Å²) in [5.41, 5.74) is 0. The minimum atomic E-state index is 0.975. The number of halogens is 1. The van der Waals surface area contributed by atoms with Gasteiger partial charge in [-0.2, -0.15) is 0 Å². The Labute approximate surface area is 108 Å². The summed E-state index contributed by atoms with van der Waals surface area (Å²) in [7, 11) is 0. The van der Waals surface area contributed by atoms with Crippen LogP contribution in [0.3, 0.4) is 0 Å². The smallest absolute Gasteiger partial charge is 0.0201 e. The van der Waals surface area contributed by atoms with Crippen LogP contribution in [0, 0.1) is 17.8 Å². The molecule has 0 bridgehead atoms. The van der Waals surface area contributed by atoms with Gasteiger partial charge in [0.05, 0.1) is 0 Å². The van der Waals surface area contributed by atoms with Gasteiger partial charge in [-0.3, -0.25) is 0 Å². The van der Waals surface area contributed by atoms with Gasteiger partial charge in [-0.1, -0.05) is 39.0 Å². The highest BCUT2D eigenvalue weighted by molar-refractivity contribution is 14.1. The molecule has 0 N–H and O–H groups in total. The molecule has 1 saturated carbocycles. The van der Waals surface area contributed by atoms with E-state index in [-0.39, 0.29) is 0 Å². The Balaban J connectivity index is 1.85. The Morgan fingerprint density at radius 3 is 2.33 bits per heavy atom. The summed E-state index contributed by atoms with van der Waals surface area (Å²) in [6, 6.07) is 0. The van der Waals surface area contributed by atoms with Crippen LogP contribution in [0.5, 0.6) is 0 Å². The third-order valence-corrected chi connectivity index (χ3v) is 5.42.